The third kappa shape index (κ3) is 3.98. The summed E-state index contributed by atoms with van der Waals surface area (Å²) in [5.41, 5.74) is 3.57. The van der Waals surface area contributed by atoms with Crippen molar-refractivity contribution >= 4 is 17.1 Å². The normalized spacial score (nSPS) is 16.8. The summed E-state index contributed by atoms with van der Waals surface area (Å²) < 4.78 is 2.25. The van der Waals surface area contributed by atoms with Crippen LogP contribution >= 0.6 is 0 Å². The topological polar surface area (TPSA) is 24.3 Å². The second-order valence-electron chi connectivity index (χ2n) is 6.58. The molecule has 1 saturated heterocycles. The van der Waals surface area contributed by atoms with Crippen LogP contribution in [0.15, 0.2) is 67.0 Å². The number of fused-ring (bicyclic) bond motifs is 1. The first-order valence-corrected chi connectivity index (χ1v) is 8.95. The smallest absolute Gasteiger partial charge is 0.0969 e. The molecule has 0 aliphatic carbocycles. The molecular formula is C21H24N4. The zero-order valence-corrected chi connectivity index (χ0v) is 14.5. The maximum Gasteiger partial charge on any atom is 0.0969 e. The van der Waals surface area contributed by atoms with Gasteiger partial charge in [-0.15, -0.1) is 0 Å². The van der Waals surface area contributed by atoms with Crippen LogP contribution in [0.3, 0.4) is 0 Å². The van der Waals surface area contributed by atoms with Gasteiger partial charge in [0.25, 0.3) is 0 Å². The van der Waals surface area contributed by atoms with Crippen molar-refractivity contribution in [3.8, 4) is 0 Å². The van der Waals surface area contributed by atoms with Gasteiger partial charge < -0.3 is 4.57 Å². The summed E-state index contributed by atoms with van der Waals surface area (Å²) in [6.07, 6.45) is 6.44. The molecular weight excluding hydrogens is 308 g/mol. The van der Waals surface area contributed by atoms with E-state index >= 15 is 0 Å². The third-order valence-electron chi connectivity index (χ3n) is 4.82. The molecule has 0 amide bonds. The summed E-state index contributed by atoms with van der Waals surface area (Å²) in [5.74, 6) is 0. The molecule has 0 unspecified atom stereocenters. The Balaban J connectivity index is 1.28. The lowest BCUT2D eigenvalue weighted by atomic mass is 10.2. The van der Waals surface area contributed by atoms with Gasteiger partial charge >= 0.3 is 0 Å². The van der Waals surface area contributed by atoms with Gasteiger partial charge in [0.15, 0.2) is 0 Å². The Labute approximate surface area is 149 Å². The molecule has 2 heterocycles. The molecule has 3 aromatic rings. The van der Waals surface area contributed by atoms with Crippen LogP contribution in [0.2, 0.25) is 0 Å². The van der Waals surface area contributed by atoms with E-state index in [1.54, 1.807) is 0 Å². The van der Waals surface area contributed by atoms with Crippen molar-refractivity contribution in [1.82, 2.24) is 19.4 Å². The monoisotopic (exact) mass is 332 g/mol. The van der Waals surface area contributed by atoms with Crippen molar-refractivity contribution in [2.45, 2.75) is 6.67 Å². The van der Waals surface area contributed by atoms with Crippen LogP contribution in [0.1, 0.15) is 5.56 Å². The zero-order valence-electron chi connectivity index (χ0n) is 14.5. The molecule has 4 heteroatoms. The Morgan fingerprint density at radius 1 is 0.840 bits per heavy atom. The highest BCUT2D eigenvalue weighted by atomic mass is 15.3. The quantitative estimate of drug-likeness (QED) is 0.716. The number of imidazole rings is 1. The van der Waals surface area contributed by atoms with E-state index in [1.807, 2.05) is 12.4 Å². The molecule has 1 aliphatic heterocycles. The number of piperazine rings is 1. The van der Waals surface area contributed by atoms with Crippen molar-refractivity contribution in [1.29, 1.82) is 0 Å². The maximum absolute atomic E-state index is 4.49. The van der Waals surface area contributed by atoms with E-state index in [0.717, 1.165) is 44.9 Å². The predicted molar refractivity (Wildman–Crippen MR) is 103 cm³/mol. The number of hydrogen-bond donors (Lipinski definition) is 0. The fourth-order valence-corrected chi connectivity index (χ4v) is 3.35. The molecule has 0 bridgehead atoms. The largest absolute Gasteiger partial charge is 0.317 e. The lowest BCUT2D eigenvalue weighted by Crippen LogP contribution is -2.46. The minimum Gasteiger partial charge on any atom is -0.317 e. The molecule has 4 nitrogen and oxygen atoms in total. The van der Waals surface area contributed by atoms with Gasteiger partial charge in [-0.1, -0.05) is 54.6 Å². The van der Waals surface area contributed by atoms with Gasteiger partial charge in [-0.2, -0.15) is 0 Å². The fourth-order valence-electron chi connectivity index (χ4n) is 3.35. The van der Waals surface area contributed by atoms with E-state index < -0.39 is 0 Å². The Morgan fingerprint density at radius 3 is 2.40 bits per heavy atom. The summed E-state index contributed by atoms with van der Waals surface area (Å²) in [6, 6.07) is 18.8. The second-order valence-corrected chi connectivity index (χ2v) is 6.58. The Morgan fingerprint density at radius 2 is 1.56 bits per heavy atom. The molecule has 0 N–H and O–H groups in total. The summed E-state index contributed by atoms with van der Waals surface area (Å²) in [4.78, 5) is 9.51. The average molecular weight is 332 g/mol. The molecule has 4 rings (SSSR count). The standard InChI is InChI=1S/C21H24N4/c1-2-7-19(8-3-1)9-6-12-23-13-15-24(16-14-23)18-25-17-22-20-10-4-5-11-21(20)25/h1-11,17H,12-16,18H2. The van der Waals surface area contributed by atoms with Crippen LogP contribution in [0.25, 0.3) is 17.1 Å². The molecule has 128 valence electrons. The van der Waals surface area contributed by atoms with Gasteiger partial charge in [-0.3, -0.25) is 9.80 Å². The van der Waals surface area contributed by atoms with E-state index in [-0.39, 0.29) is 0 Å². The van der Waals surface area contributed by atoms with E-state index in [0.29, 0.717) is 0 Å². The molecule has 1 aliphatic rings. The molecule has 0 radical (unpaired) electrons. The average Bonchev–Trinajstić information content (AvgIpc) is 3.07. The molecule has 0 atom stereocenters. The third-order valence-corrected chi connectivity index (χ3v) is 4.82. The van der Waals surface area contributed by atoms with Crippen LogP contribution in [-0.4, -0.2) is 52.1 Å². The minimum absolute atomic E-state index is 0.925. The Hall–Kier alpha value is -2.43. The molecule has 0 spiro atoms. The first-order chi connectivity index (χ1) is 12.4. The van der Waals surface area contributed by atoms with Gasteiger partial charge in [0, 0.05) is 32.7 Å². The first-order valence-electron chi connectivity index (χ1n) is 8.95. The first kappa shape index (κ1) is 16.1. The van der Waals surface area contributed by atoms with Crippen LogP contribution in [0.4, 0.5) is 0 Å². The van der Waals surface area contributed by atoms with Gasteiger partial charge in [0.1, 0.15) is 0 Å². The number of nitrogens with zero attached hydrogens (tertiary/aromatic N) is 4. The Bertz CT molecular complexity index is 829. The molecule has 2 aromatic carbocycles. The van der Waals surface area contributed by atoms with E-state index in [4.69, 9.17) is 0 Å². The minimum atomic E-state index is 0.925. The lowest BCUT2D eigenvalue weighted by Gasteiger charge is -2.34. The second kappa shape index (κ2) is 7.64. The molecule has 1 aromatic heterocycles. The van der Waals surface area contributed by atoms with E-state index in [9.17, 15) is 0 Å². The summed E-state index contributed by atoms with van der Waals surface area (Å²) >= 11 is 0. The van der Waals surface area contributed by atoms with Crippen molar-refractivity contribution in [2.75, 3.05) is 32.7 Å². The van der Waals surface area contributed by atoms with Crippen molar-refractivity contribution in [3.63, 3.8) is 0 Å². The number of benzene rings is 2. The fraction of sp³-hybridized carbons (Fsp3) is 0.286. The van der Waals surface area contributed by atoms with Gasteiger partial charge in [0.2, 0.25) is 0 Å². The van der Waals surface area contributed by atoms with Gasteiger partial charge in [-0.05, 0) is 17.7 Å². The molecule has 0 saturated carbocycles. The van der Waals surface area contributed by atoms with Crippen LogP contribution < -0.4 is 0 Å². The number of para-hydroxylation sites is 2. The van der Waals surface area contributed by atoms with Crippen molar-refractivity contribution in [3.05, 3.63) is 72.6 Å². The highest BCUT2D eigenvalue weighted by Crippen LogP contribution is 2.13. The van der Waals surface area contributed by atoms with E-state index in [2.05, 4.69) is 80.0 Å². The highest BCUT2D eigenvalue weighted by molar-refractivity contribution is 5.74. The SMILES string of the molecule is C(=Cc1ccccc1)CN1CCN(Cn2cnc3ccccc32)CC1. The van der Waals surface area contributed by atoms with Gasteiger partial charge in [0.05, 0.1) is 24.0 Å². The Kier molecular flexibility index (Phi) is 4.91. The summed E-state index contributed by atoms with van der Waals surface area (Å²) in [5, 5.41) is 0. The molecule has 1 fully saturated rings. The highest BCUT2D eigenvalue weighted by Gasteiger charge is 2.16. The van der Waals surface area contributed by atoms with Crippen LogP contribution in [0, 0.1) is 0 Å². The summed E-state index contributed by atoms with van der Waals surface area (Å²) in [6.45, 7) is 6.39. The van der Waals surface area contributed by atoms with Crippen LogP contribution in [0.5, 0.6) is 0 Å². The van der Waals surface area contributed by atoms with E-state index in [1.165, 1.54) is 11.1 Å². The zero-order chi connectivity index (χ0) is 16.9. The van der Waals surface area contributed by atoms with Gasteiger partial charge in [-0.25, -0.2) is 4.98 Å². The number of aromatic nitrogens is 2. The summed E-state index contributed by atoms with van der Waals surface area (Å²) in [7, 11) is 0. The number of hydrogen-bond acceptors (Lipinski definition) is 3. The molecule has 25 heavy (non-hydrogen) atoms. The van der Waals surface area contributed by atoms with Crippen molar-refractivity contribution in [2.24, 2.45) is 0 Å². The number of rotatable bonds is 5. The van der Waals surface area contributed by atoms with Crippen molar-refractivity contribution < 1.29 is 0 Å². The predicted octanol–water partition coefficient (Wildman–Crippen LogP) is 3.32. The van der Waals surface area contributed by atoms with Crippen LogP contribution in [-0.2, 0) is 6.67 Å². The lowest BCUT2D eigenvalue weighted by molar-refractivity contribution is 0.117. The maximum atomic E-state index is 4.49.